The minimum atomic E-state index is -4.48. The molecule has 0 saturated heterocycles. The van der Waals surface area contributed by atoms with Crippen molar-refractivity contribution in [1.29, 1.82) is 0 Å². The van der Waals surface area contributed by atoms with Crippen LogP contribution in [0.1, 0.15) is 0 Å². The Kier molecular flexibility index (Phi) is 3.88. The van der Waals surface area contributed by atoms with Gasteiger partial charge in [0.1, 0.15) is 6.54 Å². The lowest BCUT2D eigenvalue weighted by molar-refractivity contribution is -0.122. The summed E-state index contributed by atoms with van der Waals surface area (Å²) in [5, 5.41) is 4.84. The number of pyridine rings is 1. The molecule has 1 aromatic heterocycles. The van der Waals surface area contributed by atoms with Gasteiger partial charge in [0.15, 0.2) is 0 Å². The molecule has 0 radical (unpaired) electrons. The number of anilines is 1. The van der Waals surface area contributed by atoms with Gasteiger partial charge < -0.3 is 15.2 Å². The first-order valence-corrected chi connectivity index (χ1v) is 5.98. The minimum absolute atomic E-state index is 0.258. The predicted molar refractivity (Wildman–Crippen MR) is 72.3 cm³/mol. The highest BCUT2D eigenvalue weighted by Gasteiger charge is 2.27. The van der Waals surface area contributed by atoms with Crippen LogP contribution in [0, 0.1) is 0 Å². The van der Waals surface area contributed by atoms with E-state index in [4.69, 9.17) is 0 Å². The monoisotopic (exact) mass is 299 g/mol. The molecule has 0 unspecified atom stereocenters. The van der Waals surface area contributed by atoms with Crippen molar-refractivity contribution < 1.29 is 18.0 Å². The summed E-state index contributed by atoms with van der Waals surface area (Å²) in [5.41, 5.74) is 0.0109. The van der Waals surface area contributed by atoms with E-state index in [1.54, 1.807) is 30.6 Å². The maximum atomic E-state index is 12.0. The van der Waals surface area contributed by atoms with Gasteiger partial charge in [-0.2, -0.15) is 13.2 Å². The van der Waals surface area contributed by atoms with Crippen molar-refractivity contribution in [1.82, 2.24) is 9.88 Å². The van der Waals surface area contributed by atoms with Gasteiger partial charge in [0.25, 0.3) is 5.56 Å². The maximum absolute atomic E-state index is 12.0. The molecule has 0 saturated carbocycles. The van der Waals surface area contributed by atoms with Crippen LogP contribution < -0.4 is 16.2 Å². The Morgan fingerprint density at radius 3 is 2.62 bits per heavy atom. The Bertz CT molecular complexity index is 737. The lowest BCUT2D eigenvalue weighted by Crippen LogP contribution is -2.36. The molecule has 2 N–H and O–H groups in total. The number of urea groups is 1. The Morgan fingerprint density at radius 2 is 1.95 bits per heavy atom. The number of alkyl halides is 3. The number of amides is 2. The van der Waals surface area contributed by atoms with E-state index in [0.717, 1.165) is 0 Å². The van der Waals surface area contributed by atoms with Crippen molar-refractivity contribution in [3.05, 3.63) is 40.8 Å². The summed E-state index contributed by atoms with van der Waals surface area (Å²) in [6.07, 6.45) is -2.96. The molecule has 0 spiro atoms. The molecule has 112 valence electrons. The third-order valence-corrected chi connectivity index (χ3v) is 2.82. The summed E-state index contributed by atoms with van der Waals surface area (Å²) >= 11 is 0. The number of benzene rings is 1. The summed E-state index contributed by atoms with van der Waals surface area (Å²) in [6, 6.07) is 5.26. The Hall–Kier alpha value is -2.51. The van der Waals surface area contributed by atoms with Crippen molar-refractivity contribution in [3.63, 3.8) is 0 Å². The topological polar surface area (TPSA) is 63.1 Å². The second kappa shape index (κ2) is 5.47. The van der Waals surface area contributed by atoms with Gasteiger partial charge in [-0.15, -0.1) is 0 Å². The molecular weight excluding hydrogens is 287 g/mol. The standard InChI is InChI=1S/C13H12F3N3O2/c1-19-6-5-8-9(11(19)20)3-2-4-10(8)18-12(21)17-7-13(14,15)16/h2-6H,7H2,1H3,(H2,17,18,21). The van der Waals surface area contributed by atoms with Crippen LogP contribution in [0.2, 0.25) is 0 Å². The number of nitrogens with one attached hydrogen (secondary N) is 2. The normalized spacial score (nSPS) is 11.4. The number of carbonyl (C=O) groups is 1. The molecule has 5 nitrogen and oxygen atoms in total. The van der Waals surface area contributed by atoms with Gasteiger partial charge in [-0.1, -0.05) is 6.07 Å². The molecule has 0 aliphatic carbocycles. The van der Waals surface area contributed by atoms with E-state index >= 15 is 0 Å². The Morgan fingerprint density at radius 1 is 1.24 bits per heavy atom. The van der Waals surface area contributed by atoms with Crippen LogP contribution in [0.5, 0.6) is 0 Å². The second-order valence-electron chi connectivity index (χ2n) is 4.42. The molecule has 2 rings (SSSR count). The van der Waals surface area contributed by atoms with Gasteiger partial charge in [-0.05, 0) is 18.2 Å². The largest absolute Gasteiger partial charge is 0.405 e. The SMILES string of the molecule is Cn1ccc2c(NC(=O)NCC(F)(F)F)cccc2c1=O. The smallest absolute Gasteiger partial charge is 0.329 e. The zero-order chi connectivity index (χ0) is 15.6. The van der Waals surface area contributed by atoms with E-state index in [9.17, 15) is 22.8 Å². The van der Waals surface area contributed by atoms with Crippen LogP contribution >= 0.6 is 0 Å². The van der Waals surface area contributed by atoms with Gasteiger partial charge in [0, 0.05) is 24.0 Å². The average molecular weight is 299 g/mol. The third-order valence-electron chi connectivity index (χ3n) is 2.82. The lowest BCUT2D eigenvalue weighted by Gasteiger charge is -2.11. The van der Waals surface area contributed by atoms with Gasteiger partial charge in [0.05, 0.1) is 5.69 Å². The van der Waals surface area contributed by atoms with Crippen molar-refractivity contribution in [3.8, 4) is 0 Å². The van der Waals surface area contributed by atoms with Crippen LogP contribution in [0.3, 0.4) is 0 Å². The molecule has 1 heterocycles. The number of rotatable bonds is 2. The zero-order valence-electron chi connectivity index (χ0n) is 11.0. The van der Waals surface area contributed by atoms with Crippen molar-refractivity contribution in [2.75, 3.05) is 11.9 Å². The highest BCUT2D eigenvalue weighted by molar-refractivity contribution is 6.01. The third kappa shape index (κ3) is 3.53. The summed E-state index contributed by atoms with van der Waals surface area (Å²) in [6.45, 7) is -1.43. The number of nitrogens with zero attached hydrogens (tertiary/aromatic N) is 1. The average Bonchev–Trinajstić information content (AvgIpc) is 2.40. The molecular formula is C13H12F3N3O2. The van der Waals surface area contributed by atoms with E-state index in [1.807, 2.05) is 0 Å². The van der Waals surface area contributed by atoms with Gasteiger partial charge >= 0.3 is 12.2 Å². The molecule has 21 heavy (non-hydrogen) atoms. The van der Waals surface area contributed by atoms with E-state index in [0.29, 0.717) is 10.8 Å². The summed E-state index contributed by atoms with van der Waals surface area (Å²) in [5.74, 6) is 0. The summed E-state index contributed by atoms with van der Waals surface area (Å²) in [4.78, 5) is 23.4. The first kappa shape index (κ1) is 14.9. The van der Waals surface area contributed by atoms with E-state index < -0.39 is 18.8 Å². The minimum Gasteiger partial charge on any atom is -0.329 e. The first-order valence-electron chi connectivity index (χ1n) is 5.98. The van der Waals surface area contributed by atoms with Crippen molar-refractivity contribution in [2.45, 2.75) is 6.18 Å². The molecule has 0 atom stereocenters. The van der Waals surface area contributed by atoms with Crippen LogP contribution in [0.15, 0.2) is 35.3 Å². The number of aryl methyl sites for hydroxylation is 1. The second-order valence-corrected chi connectivity index (χ2v) is 4.42. The highest BCUT2D eigenvalue weighted by Crippen LogP contribution is 2.20. The lowest BCUT2D eigenvalue weighted by atomic mass is 10.1. The molecule has 0 aliphatic rings. The number of carbonyl (C=O) groups excluding carboxylic acids is 1. The van der Waals surface area contributed by atoms with Crippen LogP contribution in [0.25, 0.3) is 10.8 Å². The molecule has 1 aromatic carbocycles. The quantitative estimate of drug-likeness (QED) is 0.893. The van der Waals surface area contributed by atoms with E-state index in [-0.39, 0.29) is 11.2 Å². The zero-order valence-corrected chi connectivity index (χ0v) is 11.0. The van der Waals surface area contributed by atoms with Crippen molar-refractivity contribution in [2.24, 2.45) is 7.05 Å². The molecule has 2 amide bonds. The number of hydrogen-bond acceptors (Lipinski definition) is 2. The number of halogens is 3. The predicted octanol–water partition coefficient (Wildman–Crippen LogP) is 2.22. The van der Waals surface area contributed by atoms with Crippen LogP contribution in [-0.4, -0.2) is 23.3 Å². The summed E-state index contributed by atoms with van der Waals surface area (Å²) in [7, 11) is 1.58. The molecule has 0 fully saturated rings. The van der Waals surface area contributed by atoms with E-state index in [1.165, 1.54) is 16.8 Å². The van der Waals surface area contributed by atoms with E-state index in [2.05, 4.69) is 5.32 Å². The number of hydrogen-bond donors (Lipinski definition) is 2. The Balaban J connectivity index is 2.25. The summed E-state index contributed by atoms with van der Waals surface area (Å²) < 4.78 is 37.4. The van der Waals surface area contributed by atoms with Gasteiger partial charge in [-0.25, -0.2) is 4.79 Å². The molecule has 2 aromatic rings. The molecule has 0 aliphatic heterocycles. The number of aromatic nitrogens is 1. The van der Waals surface area contributed by atoms with Gasteiger partial charge in [0.2, 0.25) is 0 Å². The maximum Gasteiger partial charge on any atom is 0.405 e. The fourth-order valence-corrected chi connectivity index (χ4v) is 1.83. The fraction of sp³-hybridized carbons (Fsp3) is 0.231. The van der Waals surface area contributed by atoms with Gasteiger partial charge in [-0.3, -0.25) is 4.79 Å². The fourth-order valence-electron chi connectivity index (χ4n) is 1.83. The van der Waals surface area contributed by atoms with Crippen LogP contribution in [0.4, 0.5) is 23.7 Å². The van der Waals surface area contributed by atoms with Crippen molar-refractivity contribution >= 4 is 22.5 Å². The number of fused-ring (bicyclic) bond motifs is 1. The Labute approximate surface area is 117 Å². The van der Waals surface area contributed by atoms with Crippen LogP contribution in [-0.2, 0) is 7.05 Å². The highest BCUT2D eigenvalue weighted by atomic mass is 19.4. The molecule has 8 heteroatoms. The molecule has 0 bridgehead atoms. The first-order chi connectivity index (χ1) is 9.78.